The molecule has 0 bridgehead atoms. The minimum atomic E-state index is 0.353. The summed E-state index contributed by atoms with van der Waals surface area (Å²) in [6, 6.07) is 3.91. The van der Waals surface area contributed by atoms with Gasteiger partial charge in [0.15, 0.2) is 11.5 Å². The van der Waals surface area contributed by atoms with Gasteiger partial charge in [-0.3, -0.25) is 0 Å². The van der Waals surface area contributed by atoms with Gasteiger partial charge in [0, 0.05) is 11.6 Å². The third kappa shape index (κ3) is 2.47. The van der Waals surface area contributed by atoms with Crippen molar-refractivity contribution in [2.24, 2.45) is 5.73 Å². The van der Waals surface area contributed by atoms with E-state index in [0.717, 1.165) is 29.2 Å². The van der Waals surface area contributed by atoms with E-state index < -0.39 is 0 Å². The summed E-state index contributed by atoms with van der Waals surface area (Å²) in [7, 11) is 1.67. The Bertz CT molecular complexity index is 392. The topological polar surface area (TPSA) is 53.7 Å². The lowest BCUT2D eigenvalue weighted by molar-refractivity contribution is 0.170. The molecular weight excluding hydrogens is 218 g/mol. The maximum atomic E-state index is 5.60. The zero-order valence-electron chi connectivity index (χ0n) is 10.4. The standard InChI is InChI=1S/C13H19NO3/c1-9(3-4-14)10-7-12-13(8-11(10)15-2)17-6-5-16-12/h7-9H,3-6,14H2,1-2H3. The molecule has 1 aliphatic rings. The van der Waals surface area contributed by atoms with Gasteiger partial charge in [-0.1, -0.05) is 6.92 Å². The molecule has 0 saturated heterocycles. The molecule has 17 heavy (non-hydrogen) atoms. The third-order valence-electron chi connectivity index (χ3n) is 3.03. The summed E-state index contributed by atoms with van der Waals surface area (Å²) in [5.74, 6) is 2.76. The highest BCUT2D eigenvalue weighted by molar-refractivity contribution is 5.52. The second-order valence-electron chi connectivity index (χ2n) is 4.22. The average Bonchev–Trinajstić information content (AvgIpc) is 2.37. The quantitative estimate of drug-likeness (QED) is 0.869. The Labute approximate surface area is 102 Å². The molecule has 0 fully saturated rings. The summed E-state index contributed by atoms with van der Waals surface area (Å²) in [6.45, 7) is 4.00. The van der Waals surface area contributed by atoms with Gasteiger partial charge >= 0.3 is 0 Å². The third-order valence-corrected chi connectivity index (χ3v) is 3.03. The summed E-state index contributed by atoms with van der Waals surface area (Å²) in [5, 5.41) is 0. The van der Waals surface area contributed by atoms with Crippen molar-refractivity contribution < 1.29 is 14.2 Å². The van der Waals surface area contributed by atoms with E-state index in [1.165, 1.54) is 0 Å². The molecule has 1 heterocycles. The lowest BCUT2D eigenvalue weighted by Gasteiger charge is -2.22. The fraction of sp³-hybridized carbons (Fsp3) is 0.538. The first-order valence-corrected chi connectivity index (χ1v) is 5.94. The Balaban J connectivity index is 2.36. The van der Waals surface area contributed by atoms with Crippen molar-refractivity contribution in [1.29, 1.82) is 0 Å². The lowest BCUT2D eigenvalue weighted by Crippen LogP contribution is -2.16. The Kier molecular flexibility index (Phi) is 3.74. The molecule has 1 aromatic carbocycles. The minimum Gasteiger partial charge on any atom is -0.496 e. The van der Waals surface area contributed by atoms with Crippen LogP contribution < -0.4 is 19.9 Å². The summed E-state index contributed by atoms with van der Waals surface area (Å²) >= 11 is 0. The normalized spacial score (nSPS) is 15.5. The Morgan fingerprint density at radius 3 is 2.53 bits per heavy atom. The predicted molar refractivity (Wildman–Crippen MR) is 66.1 cm³/mol. The van der Waals surface area contributed by atoms with E-state index in [1.54, 1.807) is 7.11 Å². The molecular formula is C13H19NO3. The number of nitrogens with two attached hydrogens (primary N) is 1. The highest BCUT2D eigenvalue weighted by atomic mass is 16.6. The smallest absolute Gasteiger partial charge is 0.165 e. The van der Waals surface area contributed by atoms with Crippen LogP contribution in [0.2, 0.25) is 0 Å². The van der Waals surface area contributed by atoms with E-state index in [0.29, 0.717) is 25.7 Å². The number of hydrogen-bond donors (Lipinski definition) is 1. The second-order valence-corrected chi connectivity index (χ2v) is 4.22. The van der Waals surface area contributed by atoms with Crippen LogP contribution in [0.3, 0.4) is 0 Å². The molecule has 94 valence electrons. The molecule has 4 nitrogen and oxygen atoms in total. The second kappa shape index (κ2) is 5.27. The van der Waals surface area contributed by atoms with Crippen LogP contribution in [0.5, 0.6) is 17.2 Å². The summed E-state index contributed by atoms with van der Waals surface area (Å²) in [5.41, 5.74) is 6.73. The molecule has 0 radical (unpaired) electrons. The van der Waals surface area contributed by atoms with E-state index in [4.69, 9.17) is 19.9 Å². The first-order chi connectivity index (χ1) is 8.26. The number of ether oxygens (including phenoxy) is 3. The van der Waals surface area contributed by atoms with Gasteiger partial charge in [0.25, 0.3) is 0 Å². The molecule has 4 heteroatoms. The largest absolute Gasteiger partial charge is 0.496 e. The summed E-state index contributed by atoms with van der Waals surface area (Å²) in [6.07, 6.45) is 0.927. The zero-order valence-corrected chi connectivity index (χ0v) is 10.4. The zero-order chi connectivity index (χ0) is 12.3. The number of hydrogen-bond acceptors (Lipinski definition) is 4. The molecule has 1 aromatic rings. The summed E-state index contributed by atoms with van der Waals surface area (Å²) in [4.78, 5) is 0. The number of methoxy groups -OCH3 is 1. The average molecular weight is 237 g/mol. The molecule has 2 N–H and O–H groups in total. The van der Waals surface area contributed by atoms with E-state index in [9.17, 15) is 0 Å². The Hall–Kier alpha value is -1.42. The maximum absolute atomic E-state index is 5.60. The Morgan fingerprint density at radius 1 is 1.29 bits per heavy atom. The van der Waals surface area contributed by atoms with Gasteiger partial charge in [-0.15, -0.1) is 0 Å². The van der Waals surface area contributed by atoms with Gasteiger partial charge in [-0.25, -0.2) is 0 Å². The van der Waals surface area contributed by atoms with Crippen molar-refractivity contribution in [3.63, 3.8) is 0 Å². The van der Waals surface area contributed by atoms with E-state index in [2.05, 4.69) is 6.92 Å². The van der Waals surface area contributed by atoms with Crippen LogP contribution in [0.25, 0.3) is 0 Å². The first-order valence-electron chi connectivity index (χ1n) is 5.94. The minimum absolute atomic E-state index is 0.353. The van der Waals surface area contributed by atoms with Crippen molar-refractivity contribution in [2.75, 3.05) is 26.9 Å². The SMILES string of the molecule is COc1cc2c(cc1C(C)CCN)OCCO2. The van der Waals surface area contributed by atoms with Crippen LogP contribution in [0.15, 0.2) is 12.1 Å². The molecule has 2 rings (SSSR count). The van der Waals surface area contributed by atoms with Crippen LogP contribution >= 0.6 is 0 Å². The van der Waals surface area contributed by atoms with Gasteiger partial charge < -0.3 is 19.9 Å². The molecule has 1 aliphatic heterocycles. The summed E-state index contributed by atoms with van der Waals surface area (Å²) < 4.78 is 16.5. The van der Waals surface area contributed by atoms with E-state index >= 15 is 0 Å². The van der Waals surface area contributed by atoms with Gasteiger partial charge in [0.2, 0.25) is 0 Å². The molecule has 1 atom stereocenters. The van der Waals surface area contributed by atoms with Crippen LogP contribution in [0.1, 0.15) is 24.8 Å². The van der Waals surface area contributed by atoms with E-state index in [1.807, 2.05) is 12.1 Å². The number of rotatable bonds is 4. The van der Waals surface area contributed by atoms with Crippen molar-refractivity contribution in [2.45, 2.75) is 19.3 Å². The van der Waals surface area contributed by atoms with Crippen LogP contribution in [0.4, 0.5) is 0 Å². The van der Waals surface area contributed by atoms with Crippen molar-refractivity contribution in [3.8, 4) is 17.2 Å². The number of fused-ring (bicyclic) bond motifs is 1. The maximum Gasteiger partial charge on any atom is 0.165 e. The van der Waals surface area contributed by atoms with Gasteiger partial charge in [-0.2, -0.15) is 0 Å². The first kappa shape index (κ1) is 12.0. The molecule has 1 unspecified atom stereocenters. The fourth-order valence-corrected chi connectivity index (χ4v) is 2.05. The molecule has 0 saturated carbocycles. The molecule has 0 aliphatic carbocycles. The van der Waals surface area contributed by atoms with Crippen molar-refractivity contribution >= 4 is 0 Å². The van der Waals surface area contributed by atoms with Crippen molar-refractivity contribution in [1.82, 2.24) is 0 Å². The van der Waals surface area contributed by atoms with E-state index in [-0.39, 0.29) is 0 Å². The molecule has 0 spiro atoms. The fourth-order valence-electron chi connectivity index (χ4n) is 2.05. The van der Waals surface area contributed by atoms with Gasteiger partial charge in [-0.05, 0) is 24.9 Å². The highest BCUT2D eigenvalue weighted by Crippen LogP contribution is 2.40. The van der Waals surface area contributed by atoms with Crippen LogP contribution in [0, 0.1) is 0 Å². The number of benzene rings is 1. The van der Waals surface area contributed by atoms with Crippen LogP contribution in [-0.4, -0.2) is 26.9 Å². The lowest BCUT2D eigenvalue weighted by atomic mass is 9.96. The molecule has 0 amide bonds. The monoisotopic (exact) mass is 237 g/mol. The van der Waals surface area contributed by atoms with Gasteiger partial charge in [0.05, 0.1) is 7.11 Å². The highest BCUT2D eigenvalue weighted by Gasteiger charge is 2.19. The molecule has 0 aromatic heterocycles. The van der Waals surface area contributed by atoms with Crippen molar-refractivity contribution in [3.05, 3.63) is 17.7 Å². The van der Waals surface area contributed by atoms with Gasteiger partial charge in [0.1, 0.15) is 19.0 Å². The predicted octanol–water partition coefficient (Wildman–Crippen LogP) is 1.92. The van der Waals surface area contributed by atoms with Crippen LogP contribution in [-0.2, 0) is 0 Å². The Morgan fingerprint density at radius 2 is 1.94 bits per heavy atom.